The van der Waals surface area contributed by atoms with E-state index in [1.165, 1.54) is 6.42 Å². The third-order valence-corrected chi connectivity index (χ3v) is 3.88. The summed E-state index contributed by atoms with van der Waals surface area (Å²) in [6.07, 6.45) is 4.33. The van der Waals surface area contributed by atoms with Gasteiger partial charge in [0.2, 0.25) is 0 Å². The van der Waals surface area contributed by atoms with Gasteiger partial charge in [0, 0.05) is 12.4 Å². The minimum Gasteiger partial charge on any atom is -0.466 e. The summed E-state index contributed by atoms with van der Waals surface area (Å²) in [6.45, 7) is 7.66. The molecule has 1 aliphatic heterocycles. The highest BCUT2D eigenvalue weighted by Gasteiger charge is 2.26. The van der Waals surface area contributed by atoms with Gasteiger partial charge in [-0.05, 0) is 51.6 Å². The first kappa shape index (κ1) is 15.8. The summed E-state index contributed by atoms with van der Waals surface area (Å²) in [6, 6.07) is 0. The molecule has 0 saturated carbocycles. The lowest BCUT2D eigenvalue weighted by atomic mass is 9.97. The molecule has 18 heavy (non-hydrogen) atoms. The molecule has 0 N–H and O–H groups in total. The second-order valence-corrected chi connectivity index (χ2v) is 5.64. The summed E-state index contributed by atoms with van der Waals surface area (Å²) in [5.74, 6) is 1.48. The van der Waals surface area contributed by atoms with Crippen molar-refractivity contribution in [2.45, 2.75) is 39.5 Å². The van der Waals surface area contributed by atoms with Crippen molar-refractivity contribution in [2.75, 3.05) is 32.1 Å². The normalized spacial score (nSPS) is 22.7. The van der Waals surface area contributed by atoms with Crippen molar-refractivity contribution in [3.63, 3.8) is 0 Å². The Morgan fingerprint density at radius 2 is 2.28 bits per heavy atom. The molecule has 4 heteroatoms. The quantitative estimate of drug-likeness (QED) is 0.529. The first-order valence-corrected chi connectivity index (χ1v) is 7.65. The Labute approximate surface area is 116 Å². The number of carbonyl (C=O) groups is 1. The lowest BCUT2D eigenvalue weighted by Gasteiger charge is -2.32. The van der Waals surface area contributed by atoms with Crippen LogP contribution in [0.25, 0.3) is 0 Å². The van der Waals surface area contributed by atoms with Crippen molar-refractivity contribution < 1.29 is 9.53 Å². The third-order valence-electron chi connectivity index (χ3n) is 3.67. The summed E-state index contributed by atoms with van der Waals surface area (Å²) in [7, 11) is 0. The van der Waals surface area contributed by atoms with Gasteiger partial charge in [0.15, 0.2) is 0 Å². The number of rotatable bonds is 7. The molecule has 0 aliphatic carbocycles. The van der Waals surface area contributed by atoms with Crippen LogP contribution >= 0.6 is 11.6 Å². The highest BCUT2D eigenvalue weighted by molar-refractivity contribution is 6.17. The smallest absolute Gasteiger partial charge is 0.310 e. The van der Waals surface area contributed by atoms with E-state index in [1.54, 1.807) is 0 Å². The lowest BCUT2D eigenvalue weighted by molar-refractivity contribution is -0.149. The molecule has 0 bridgehead atoms. The van der Waals surface area contributed by atoms with E-state index in [-0.39, 0.29) is 11.9 Å². The molecular weight excluding hydrogens is 250 g/mol. The number of likely N-dealkylation sites (tertiary alicyclic amines) is 1. The Balaban J connectivity index is 2.28. The average Bonchev–Trinajstić information content (AvgIpc) is 2.37. The highest BCUT2D eigenvalue weighted by atomic mass is 35.5. The molecule has 1 fully saturated rings. The zero-order chi connectivity index (χ0) is 13.4. The van der Waals surface area contributed by atoms with Gasteiger partial charge in [-0.3, -0.25) is 4.79 Å². The number of alkyl halides is 1. The number of halogens is 1. The maximum Gasteiger partial charge on any atom is 0.310 e. The minimum atomic E-state index is -0.0176. The van der Waals surface area contributed by atoms with Gasteiger partial charge in [0.05, 0.1) is 12.5 Å². The van der Waals surface area contributed by atoms with Gasteiger partial charge in [0.25, 0.3) is 0 Å². The van der Waals surface area contributed by atoms with Crippen molar-refractivity contribution >= 4 is 17.6 Å². The van der Waals surface area contributed by atoms with Gasteiger partial charge < -0.3 is 9.64 Å². The first-order valence-electron chi connectivity index (χ1n) is 7.12. The molecule has 1 rings (SSSR count). The van der Waals surface area contributed by atoms with E-state index < -0.39 is 0 Å². The summed E-state index contributed by atoms with van der Waals surface area (Å²) in [5, 5.41) is 0. The Morgan fingerprint density at radius 1 is 1.50 bits per heavy atom. The summed E-state index contributed by atoms with van der Waals surface area (Å²) in [4.78, 5) is 14.1. The van der Waals surface area contributed by atoms with Crippen molar-refractivity contribution in [3.05, 3.63) is 0 Å². The Kier molecular flexibility index (Phi) is 7.68. The molecule has 2 atom stereocenters. The van der Waals surface area contributed by atoms with E-state index in [4.69, 9.17) is 16.3 Å². The largest absolute Gasteiger partial charge is 0.466 e. The number of hydrogen-bond acceptors (Lipinski definition) is 3. The van der Waals surface area contributed by atoms with Gasteiger partial charge in [-0.2, -0.15) is 0 Å². The van der Waals surface area contributed by atoms with Crippen LogP contribution in [-0.4, -0.2) is 43.0 Å². The molecule has 2 unspecified atom stereocenters. The fraction of sp³-hybridized carbons (Fsp3) is 0.929. The number of piperidine rings is 1. The standard InChI is InChI=1S/C14H26ClNO2/c1-3-18-14(17)13-5-4-9-16(11-13)10-7-12(2)6-8-15/h12-13H,3-11H2,1-2H3. The third kappa shape index (κ3) is 5.57. The Hall–Kier alpha value is -0.280. The van der Waals surface area contributed by atoms with Crippen molar-refractivity contribution in [2.24, 2.45) is 11.8 Å². The number of carbonyl (C=O) groups excluding carboxylic acids is 1. The topological polar surface area (TPSA) is 29.5 Å². The Bertz CT molecular complexity index is 248. The minimum absolute atomic E-state index is 0.0176. The van der Waals surface area contributed by atoms with E-state index in [9.17, 15) is 4.79 Å². The average molecular weight is 276 g/mol. The van der Waals surface area contributed by atoms with Gasteiger partial charge in [-0.15, -0.1) is 11.6 Å². The maximum absolute atomic E-state index is 11.7. The van der Waals surface area contributed by atoms with E-state index in [0.717, 1.165) is 44.8 Å². The predicted molar refractivity (Wildman–Crippen MR) is 74.9 cm³/mol. The molecule has 0 spiro atoms. The predicted octanol–water partition coefficient (Wildman–Crippen LogP) is 2.92. The monoisotopic (exact) mass is 275 g/mol. The van der Waals surface area contributed by atoms with E-state index >= 15 is 0 Å². The molecule has 1 heterocycles. The van der Waals surface area contributed by atoms with Crippen LogP contribution in [0.3, 0.4) is 0 Å². The molecule has 106 valence electrons. The first-order chi connectivity index (χ1) is 8.67. The van der Waals surface area contributed by atoms with Crippen LogP contribution in [0.15, 0.2) is 0 Å². The Morgan fingerprint density at radius 3 is 2.94 bits per heavy atom. The molecular formula is C14H26ClNO2. The van der Waals surface area contributed by atoms with Gasteiger partial charge in [0.1, 0.15) is 0 Å². The van der Waals surface area contributed by atoms with Crippen LogP contribution in [0.1, 0.15) is 39.5 Å². The van der Waals surface area contributed by atoms with Gasteiger partial charge in [-0.25, -0.2) is 0 Å². The lowest BCUT2D eigenvalue weighted by Crippen LogP contribution is -2.40. The van der Waals surface area contributed by atoms with Crippen LogP contribution in [0.5, 0.6) is 0 Å². The van der Waals surface area contributed by atoms with Crippen LogP contribution in [0.4, 0.5) is 0 Å². The number of hydrogen-bond donors (Lipinski definition) is 0. The van der Waals surface area contributed by atoms with Gasteiger partial charge in [-0.1, -0.05) is 6.92 Å². The van der Waals surface area contributed by atoms with Crippen molar-refractivity contribution in [3.8, 4) is 0 Å². The number of ether oxygens (including phenoxy) is 1. The number of esters is 1. The molecule has 0 aromatic carbocycles. The molecule has 0 aromatic rings. The second-order valence-electron chi connectivity index (χ2n) is 5.26. The fourth-order valence-corrected chi connectivity index (χ4v) is 2.82. The molecule has 1 aliphatic rings. The second kappa shape index (κ2) is 8.76. The van der Waals surface area contributed by atoms with Crippen LogP contribution in [-0.2, 0) is 9.53 Å². The molecule has 0 aromatic heterocycles. The van der Waals surface area contributed by atoms with Crippen LogP contribution < -0.4 is 0 Å². The van der Waals surface area contributed by atoms with E-state index in [1.807, 2.05) is 6.92 Å². The molecule has 3 nitrogen and oxygen atoms in total. The van der Waals surface area contributed by atoms with Crippen molar-refractivity contribution in [1.29, 1.82) is 0 Å². The SMILES string of the molecule is CCOC(=O)C1CCCN(CCC(C)CCCl)C1. The summed E-state index contributed by atoms with van der Waals surface area (Å²) in [5.41, 5.74) is 0. The summed E-state index contributed by atoms with van der Waals surface area (Å²) < 4.78 is 5.11. The fourth-order valence-electron chi connectivity index (χ4n) is 2.44. The maximum atomic E-state index is 11.7. The summed E-state index contributed by atoms with van der Waals surface area (Å²) >= 11 is 5.74. The zero-order valence-electron chi connectivity index (χ0n) is 11.7. The number of nitrogens with zero attached hydrogens (tertiary/aromatic N) is 1. The van der Waals surface area contributed by atoms with Crippen LogP contribution in [0, 0.1) is 11.8 Å². The zero-order valence-corrected chi connectivity index (χ0v) is 12.4. The molecule has 0 amide bonds. The highest BCUT2D eigenvalue weighted by Crippen LogP contribution is 2.19. The van der Waals surface area contributed by atoms with Crippen molar-refractivity contribution in [1.82, 2.24) is 4.90 Å². The van der Waals surface area contributed by atoms with E-state index in [0.29, 0.717) is 12.5 Å². The molecule has 0 radical (unpaired) electrons. The molecule has 1 saturated heterocycles. The van der Waals surface area contributed by atoms with Gasteiger partial charge >= 0.3 is 5.97 Å². The van der Waals surface area contributed by atoms with E-state index in [2.05, 4.69) is 11.8 Å². The van der Waals surface area contributed by atoms with Crippen LogP contribution in [0.2, 0.25) is 0 Å².